The number of carbonyl (C=O) groups excluding carboxylic acids is 3. The number of fused-ring (bicyclic) bond motifs is 4. The average molecular weight is 630 g/mol. The lowest BCUT2D eigenvalue weighted by Gasteiger charge is -2.19. The Morgan fingerprint density at radius 1 is 1.11 bits per heavy atom. The number of carbonyl (C=O) groups is 3. The second-order valence-electron chi connectivity index (χ2n) is 11.2. The number of aromatic amines is 1. The van der Waals surface area contributed by atoms with E-state index < -0.39 is 35.2 Å². The number of H-pyrrole nitrogens is 1. The Morgan fingerprint density at radius 3 is 2.55 bits per heavy atom. The number of anilines is 2. The first-order valence-corrected chi connectivity index (χ1v) is 14.4. The number of benzene rings is 2. The van der Waals surface area contributed by atoms with E-state index in [0.717, 1.165) is 12.1 Å². The molecule has 0 fully saturated rings. The molecule has 2 aromatic carbocycles. The highest BCUT2D eigenvalue weighted by atomic mass is 35.5. The summed E-state index contributed by atoms with van der Waals surface area (Å²) in [6.07, 6.45) is 3.51. The number of aromatic nitrogens is 2. The Balaban J connectivity index is 1.60. The van der Waals surface area contributed by atoms with Crippen LogP contribution in [0, 0.1) is 18.6 Å². The number of hydrogen-bond acceptors (Lipinski definition) is 6. The van der Waals surface area contributed by atoms with Crippen LogP contribution in [-0.4, -0.2) is 46.7 Å². The van der Waals surface area contributed by atoms with Crippen LogP contribution in [0.1, 0.15) is 67.8 Å². The van der Waals surface area contributed by atoms with E-state index in [0.29, 0.717) is 28.9 Å². The number of hydrogen-bond donors (Lipinski definition) is 4. The minimum atomic E-state index is -0.983. The Morgan fingerprint density at radius 2 is 1.84 bits per heavy atom. The molecule has 0 radical (unpaired) electrons. The fourth-order valence-electron chi connectivity index (χ4n) is 4.44. The first-order valence-electron chi connectivity index (χ1n) is 14.0. The van der Waals surface area contributed by atoms with Gasteiger partial charge in [-0.15, -0.1) is 0 Å². The maximum absolute atomic E-state index is 14.5. The highest BCUT2D eigenvalue weighted by Gasteiger charge is 2.26. The van der Waals surface area contributed by atoms with Crippen molar-refractivity contribution in [3.8, 4) is 11.3 Å². The first kappa shape index (κ1) is 32.6. The van der Waals surface area contributed by atoms with Crippen molar-refractivity contribution in [1.82, 2.24) is 15.3 Å². The maximum atomic E-state index is 14.5. The number of amides is 3. The molecule has 1 atom stereocenters. The Labute approximate surface area is 258 Å². The van der Waals surface area contributed by atoms with E-state index in [1.54, 1.807) is 30.4 Å². The Kier molecular flexibility index (Phi) is 10.4. The van der Waals surface area contributed by atoms with Crippen molar-refractivity contribution in [2.24, 2.45) is 0 Å². The van der Waals surface area contributed by atoms with Gasteiger partial charge in [-0.25, -0.2) is 18.6 Å². The molecule has 1 aliphatic heterocycles. The van der Waals surface area contributed by atoms with Crippen LogP contribution in [-0.2, 0) is 14.3 Å². The third-order valence-corrected chi connectivity index (χ3v) is 6.72. The molecule has 0 saturated carbocycles. The third-order valence-electron chi connectivity index (χ3n) is 6.45. The highest BCUT2D eigenvalue weighted by molar-refractivity contribution is 6.32. The fourth-order valence-corrected chi connectivity index (χ4v) is 4.68. The molecule has 0 saturated heterocycles. The number of aryl methyl sites for hydroxylation is 1. The number of imidazole rings is 1. The molecule has 234 valence electrons. The van der Waals surface area contributed by atoms with E-state index in [-0.39, 0.29) is 54.2 Å². The van der Waals surface area contributed by atoms with Crippen molar-refractivity contribution >= 4 is 40.9 Å². The normalized spacial score (nSPS) is 15.2. The molecule has 13 heteroatoms. The van der Waals surface area contributed by atoms with Crippen molar-refractivity contribution < 1.29 is 32.6 Å². The average Bonchev–Trinajstić information content (AvgIpc) is 3.30. The Bertz CT molecular complexity index is 1560. The highest BCUT2D eigenvalue weighted by Crippen LogP contribution is 2.36. The van der Waals surface area contributed by atoms with Gasteiger partial charge in [0.2, 0.25) is 5.91 Å². The summed E-state index contributed by atoms with van der Waals surface area (Å²) in [6.45, 7) is 7.47. The van der Waals surface area contributed by atoms with Gasteiger partial charge in [0.25, 0.3) is 5.91 Å². The van der Waals surface area contributed by atoms with Crippen LogP contribution in [0.5, 0.6) is 0 Å². The lowest BCUT2D eigenvalue weighted by molar-refractivity contribution is -0.116. The zero-order valence-corrected chi connectivity index (χ0v) is 25.5. The van der Waals surface area contributed by atoms with Gasteiger partial charge in [-0.3, -0.25) is 14.9 Å². The summed E-state index contributed by atoms with van der Waals surface area (Å²) in [7, 11) is 0. The van der Waals surface area contributed by atoms with Gasteiger partial charge in [-0.05, 0) is 76.4 Å². The number of nitrogens with zero attached hydrogens (tertiary/aromatic N) is 1. The number of halogens is 3. The molecule has 3 aromatic rings. The maximum Gasteiger partial charge on any atom is 0.411 e. The largest absolute Gasteiger partial charge is 0.447 e. The molecule has 10 nitrogen and oxygen atoms in total. The molecule has 0 aliphatic carbocycles. The molecule has 0 spiro atoms. The van der Waals surface area contributed by atoms with Crippen LogP contribution < -0.4 is 16.0 Å². The van der Waals surface area contributed by atoms with Crippen molar-refractivity contribution in [2.75, 3.05) is 23.8 Å². The first-order chi connectivity index (χ1) is 20.8. The van der Waals surface area contributed by atoms with E-state index in [2.05, 4.69) is 25.9 Å². The SMILES string of the molecule is Cc1cc(F)c(C(=O)N[C@H]2CC=CCCC(=O)Nc3cc(NC(=O)OCCOC(C)(C)C)ccc3-c3nc2[nH]c3Cl)c(F)c1. The minimum absolute atomic E-state index is 0.0465. The Hall–Kier alpha value is -4.29. The van der Waals surface area contributed by atoms with Crippen molar-refractivity contribution in [2.45, 2.75) is 58.6 Å². The van der Waals surface area contributed by atoms with Gasteiger partial charge in [0.15, 0.2) is 0 Å². The van der Waals surface area contributed by atoms with Crippen LogP contribution in [0.25, 0.3) is 11.3 Å². The zero-order chi connectivity index (χ0) is 32.0. The summed E-state index contributed by atoms with van der Waals surface area (Å²) in [5, 5.41) is 8.20. The minimum Gasteiger partial charge on any atom is -0.447 e. The van der Waals surface area contributed by atoms with Gasteiger partial charge in [-0.1, -0.05) is 23.8 Å². The van der Waals surface area contributed by atoms with E-state index in [9.17, 15) is 23.2 Å². The molecule has 44 heavy (non-hydrogen) atoms. The standard InChI is InChI=1S/C31H34ClF2N5O5/c1-17-14-20(33)25(21(34)15-17)29(41)37-22-8-6-5-7-9-24(40)36-23-16-18(35-30(42)43-12-13-44-31(2,3)4)10-11-19(23)26-27(32)39-28(22)38-26/h5-6,10-11,14-16,22H,7-9,12-13H2,1-4H3,(H,35,42)(H,36,40)(H,37,41)(H,38,39)/t22-/m0/s1. The van der Waals surface area contributed by atoms with Gasteiger partial charge >= 0.3 is 6.09 Å². The van der Waals surface area contributed by atoms with Crippen molar-refractivity contribution in [3.05, 3.63) is 76.2 Å². The molecular formula is C31H34ClF2N5O5. The second-order valence-corrected chi connectivity index (χ2v) is 11.6. The quantitative estimate of drug-likeness (QED) is 0.174. The molecule has 4 rings (SSSR count). The lowest BCUT2D eigenvalue weighted by atomic mass is 10.1. The van der Waals surface area contributed by atoms with E-state index in [4.69, 9.17) is 21.1 Å². The summed E-state index contributed by atoms with van der Waals surface area (Å²) in [5.74, 6) is -2.99. The summed E-state index contributed by atoms with van der Waals surface area (Å²) in [5.41, 5.74) is 0.601. The van der Waals surface area contributed by atoms with Crippen LogP contribution in [0.2, 0.25) is 5.15 Å². The van der Waals surface area contributed by atoms with Gasteiger partial charge in [0, 0.05) is 17.7 Å². The van der Waals surface area contributed by atoms with Gasteiger partial charge < -0.3 is 25.1 Å². The molecule has 3 amide bonds. The fraction of sp³-hybridized carbons (Fsp3) is 0.355. The number of rotatable bonds is 6. The summed E-state index contributed by atoms with van der Waals surface area (Å²) >= 11 is 6.55. The molecule has 4 N–H and O–H groups in total. The van der Waals surface area contributed by atoms with E-state index in [1.165, 1.54) is 6.92 Å². The number of ether oxygens (including phenoxy) is 2. The van der Waals surface area contributed by atoms with E-state index in [1.807, 2.05) is 20.8 Å². The monoisotopic (exact) mass is 629 g/mol. The number of allylic oxidation sites excluding steroid dienone is 1. The van der Waals surface area contributed by atoms with Crippen LogP contribution >= 0.6 is 11.6 Å². The molecule has 0 unspecified atom stereocenters. The zero-order valence-electron chi connectivity index (χ0n) is 24.8. The van der Waals surface area contributed by atoms with Crippen molar-refractivity contribution in [1.29, 1.82) is 0 Å². The van der Waals surface area contributed by atoms with Gasteiger partial charge in [0.05, 0.1) is 23.9 Å². The van der Waals surface area contributed by atoms with Crippen LogP contribution in [0.4, 0.5) is 25.0 Å². The molecule has 1 aliphatic rings. The predicted octanol–water partition coefficient (Wildman–Crippen LogP) is 6.83. The third kappa shape index (κ3) is 8.64. The van der Waals surface area contributed by atoms with Gasteiger partial charge in [-0.2, -0.15) is 0 Å². The summed E-state index contributed by atoms with van der Waals surface area (Å²) < 4.78 is 39.8. The van der Waals surface area contributed by atoms with E-state index >= 15 is 0 Å². The second kappa shape index (κ2) is 14.0. The molecule has 2 bridgehead atoms. The van der Waals surface area contributed by atoms with Gasteiger partial charge in [0.1, 0.15) is 40.5 Å². The predicted molar refractivity (Wildman–Crippen MR) is 163 cm³/mol. The molecular weight excluding hydrogens is 596 g/mol. The molecule has 2 heterocycles. The van der Waals surface area contributed by atoms with Crippen LogP contribution in [0.15, 0.2) is 42.5 Å². The molecule has 1 aromatic heterocycles. The van der Waals surface area contributed by atoms with Crippen molar-refractivity contribution in [3.63, 3.8) is 0 Å². The summed E-state index contributed by atoms with van der Waals surface area (Å²) in [4.78, 5) is 45.6. The topological polar surface area (TPSA) is 134 Å². The lowest BCUT2D eigenvalue weighted by Crippen LogP contribution is -2.30. The van der Waals surface area contributed by atoms with Crippen LogP contribution in [0.3, 0.4) is 0 Å². The number of nitrogens with one attached hydrogen (secondary N) is 4. The summed E-state index contributed by atoms with van der Waals surface area (Å²) in [6, 6.07) is 6.07. The smallest absolute Gasteiger partial charge is 0.411 e.